The number of aromatic nitrogens is 4. The molecule has 1 aliphatic heterocycles. The van der Waals surface area contributed by atoms with Gasteiger partial charge in [0.05, 0.1) is 12.3 Å². The van der Waals surface area contributed by atoms with Crippen LogP contribution in [0.25, 0.3) is 5.69 Å². The molecular formula is C19H21N5O. The Balaban J connectivity index is 1.49. The average Bonchev–Trinajstić information content (AvgIpc) is 3.31. The number of hydrogen-bond acceptors (Lipinski definition) is 5. The topological polar surface area (TPSA) is 64.9 Å². The number of ether oxygens (including phenoxy) is 1. The van der Waals surface area contributed by atoms with Crippen molar-refractivity contribution in [2.45, 2.75) is 31.8 Å². The molecule has 4 rings (SSSR count). The lowest BCUT2D eigenvalue weighted by Gasteiger charge is -2.25. The number of tetrazole rings is 1. The second-order valence-electron chi connectivity index (χ2n) is 6.48. The van der Waals surface area contributed by atoms with Gasteiger partial charge in [0, 0.05) is 23.6 Å². The minimum atomic E-state index is 0.208. The molecule has 0 saturated carbocycles. The van der Waals surface area contributed by atoms with Crippen LogP contribution in [-0.2, 0) is 0 Å². The van der Waals surface area contributed by atoms with Crippen molar-refractivity contribution in [3.05, 3.63) is 66.0 Å². The normalized spacial score (nSPS) is 18.4. The Labute approximate surface area is 146 Å². The van der Waals surface area contributed by atoms with Gasteiger partial charge in [0.15, 0.2) is 0 Å². The highest BCUT2D eigenvalue weighted by molar-refractivity contribution is 5.41. The molecule has 3 atom stereocenters. The summed E-state index contributed by atoms with van der Waals surface area (Å²) in [6.45, 7) is 5.12. The molecule has 6 nitrogen and oxygen atoms in total. The van der Waals surface area contributed by atoms with Crippen LogP contribution in [0.1, 0.15) is 36.9 Å². The summed E-state index contributed by atoms with van der Waals surface area (Å²) in [6.07, 6.45) is 1.60. The monoisotopic (exact) mass is 335 g/mol. The zero-order valence-corrected chi connectivity index (χ0v) is 14.3. The lowest BCUT2D eigenvalue weighted by Crippen LogP contribution is -2.35. The third-order valence-electron chi connectivity index (χ3n) is 4.84. The molecule has 3 aromatic rings. The Bertz CT molecular complexity index is 849. The number of fused-ring (bicyclic) bond motifs is 1. The minimum absolute atomic E-state index is 0.208. The largest absolute Gasteiger partial charge is 0.493 e. The number of para-hydroxylation sites is 1. The summed E-state index contributed by atoms with van der Waals surface area (Å²) in [5, 5.41) is 15.1. The fourth-order valence-corrected chi connectivity index (χ4v) is 3.42. The van der Waals surface area contributed by atoms with Crippen molar-refractivity contribution in [3.63, 3.8) is 0 Å². The van der Waals surface area contributed by atoms with E-state index in [-0.39, 0.29) is 6.04 Å². The van der Waals surface area contributed by atoms with Gasteiger partial charge in [0.1, 0.15) is 12.1 Å². The van der Waals surface area contributed by atoms with Gasteiger partial charge in [-0.05, 0) is 48.0 Å². The number of benzene rings is 2. The van der Waals surface area contributed by atoms with E-state index in [1.807, 2.05) is 24.3 Å². The molecule has 0 spiro atoms. The highest BCUT2D eigenvalue weighted by Crippen LogP contribution is 2.36. The van der Waals surface area contributed by atoms with Gasteiger partial charge in [0.2, 0.25) is 0 Å². The third-order valence-corrected chi connectivity index (χ3v) is 4.84. The van der Waals surface area contributed by atoms with Gasteiger partial charge < -0.3 is 10.1 Å². The summed E-state index contributed by atoms with van der Waals surface area (Å²) < 4.78 is 7.49. The Kier molecular flexibility index (Phi) is 4.19. The molecule has 0 amide bonds. The van der Waals surface area contributed by atoms with E-state index in [1.54, 1.807) is 11.0 Å². The van der Waals surface area contributed by atoms with Crippen LogP contribution in [0.5, 0.6) is 5.75 Å². The molecule has 2 heterocycles. The van der Waals surface area contributed by atoms with Gasteiger partial charge in [-0.2, -0.15) is 0 Å². The molecule has 2 aromatic carbocycles. The quantitative estimate of drug-likeness (QED) is 0.777. The van der Waals surface area contributed by atoms with E-state index < -0.39 is 0 Å². The maximum atomic E-state index is 5.82. The predicted octanol–water partition coefficient (Wildman–Crippen LogP) is 2.88. The van der Waals surface area contributed by atoms with E-state index in [0.717, 1.165) is 18.0 Å². The molecule has 0 radical (unpaired) electrons. The number of nitrogens with zero attached hydrogens (tertiary/aromatic N) is 4. The Morgan fingerprint density at radius 1 is 1.16 bits per heavy atom. The van der Waals surface area contributed by atoms with Crippen LogP contribution in [-0.4, -0.2) is 32.9 Å². The van der Waals surface area contributed by atoms with Crippen LogP contribution in [0.4, 0.5) is 0 Å². The van der Waals surface area contributed by atoms with E-state index in [0.29, 0.717) is 12.0 Å². The summed E-state index contributed by atoms with van der Waals surface area (Å²) in [5.74, 6) is 1.37. The van der Waals surface area contributed by atoms with Crippen LogP contribution in [0, 0.1) is 0 Å². The smallest absolute Gasteiger partial charge is 0.143 e. The molecule has 0 unspecified atom stereocenters. The van der Waals surface area contributed by atoms with Gasteiger partial charge >= 0.3 is 0 Å². The fourth-order valence-electron chi connectivity index (χ4n) is 3.42. The van der Waals surface area contributed by atoms with E-state index in [9.17, 15) is 0 Å². The number of hydrogen-bond donors (Lipinski definition) is 1. The Morgan fingerprint density at radius 2 is 2.04 bits per heavy atom. The zero-order chi connectivity index (χ0) is 17.2. The first-order chi connectivity index (χ1) is 12.2. The summed E-state index contributed by atoms with van der Waals surface area (Å²) in [7, 11) is 0. The van der Waals surface area contributed by atoms with Crippen LogP contribution >= 0.6 is 0 Å². The van der Waals surface area contributed by atoms with Crippen molar-refractivity contribution in [2.75, 3.05) is 6.61 Å². The average molecular weight is 335 g/mol. The van der Waals surface area contributed by atoms with Crippen molar-refractivity contribution < 1.29 is 4.74 Å². The zero-order valence-electron chi connectivity index (χ0n) is 14.3. The van der Waals surface area contributed by atoms with Gasteiger partial charge in [-0.1, -0.05) is 30.3 Å². The summed E-state index contributed by atoms with van der Waals surface area (Å²) in [6, 6.07) is 17.1. The first-order valence-corrected chi connectivity index (χ1v) is 8.53. The van der Waals surface area contributed by atoms with Crippen LogP contribution in [0.2, 0.25) is 0 Å². The first kappa shape index (κ1) is 15.8. The van der Waals surface area contributed by atoms with Crippen molar-refractivity contribution in [2.24, 2.45) is 0 Å². The van der Waals surface area contributed by atoms with E-state index in [2.05, 4.69) is 59.0 Å². The van der Waals surface area contributed by atoms with Gasteiger partial charge in [0.25, 0.3) is 0 Å². The molecule has 1 N–H and O–H groups in total. The molecule has 0 saturated heterocycles. The third kappa shape index (κ3) is 3.13. The SMILES string of the molecule is C[C@H](N[C@H](C)[C@@H]1COc2ccccc21)c1cccc(-n2cnnn2)c1. The fraction of sp³-hybridized carbons (Fsp3) is 0.316. The molecule has 6 heteroatoms. The molecule has 0 fully saturated rings. The van der Waals surface area contributed by atoms with Crippen molar-refractivity contribution in [3.8, 4) is 11.4 Å². The standard InChI is InChI=1S/C19H21N5O/c1-13(15-6-5-7-16(10-15)24-12-20-22-23-24)21-14(2)18-11-25-19-9-4-3-8-17(18)19/h3-10,12-14,18,21H,11H2,1-2H3/t13-,14+,18-/m0/s1. The van der Waals surface area contributed by atoms with Crippen LogP contribution in [0.3, 0.4) is 0 Å². The Morgan fingerprint density at radius 3 is 2.88 bits per heavy atom. The molecular weight excluding hydrogens is 314 g/mol. The van der Waals surface area contributed by atoms with Gasteiger partial charge in [-0.25, -0.2) is 4.68 Å². The molecule has 0 bridgehead atoms. The maximum absolute atomic E-state index is 5.82. The van der Waals surface area contributed by atoms with Crippen LogP contribution in [0.15, 0.2) is 54.9 Å². The highest BCUT2D eigenvalue weighted by Gasteiger charge is 2.29. The predicted molar refractivity (Wildman–Crippen MR) is 94.8 cm³/mol. The Hall–Kier alpha value is -2.73. The lowest BCUT2D eigenvalue weighted by molar-refractivity contribution is 0.297. The molecule has 1 aromatic heterocycles. The highest BCUT2D eigenvalue weighted by atomic mass is 16.5. The second-order valence-corrected chi connectivity index (χ2v) is 6.48. The summed E-state index contributed by atoms with van der Waals surface area (Å²) in [5.41, 5.74) is 3.45. The molecule has 128 valence electrons. The second kappa shape index (κ2) is 6.64. The van der Waals surface area contributed by atoms with E-state index in [4.69, 9.17) is 4.74 Å². The summed E-state index contributed by atoms with van der Waals surface area (Å²) in [4.78, 5) is 0. The molecule has 0 aliphatic carbocycles. The summed E-state index contributed by atoms with van der Waals surface area (Å²) >= 11 is 0. The van der Waals surface area contributed by atoms with Gasteiger partial charge in [-0.3, -0.25) is 0 Å². The van der Waals surface area contributed by atoms with E-state index >= 15 is 0 Å². The molecule has 25 heavy (non-hydrogen) atoms. The maximum Gasteiger partial charge on any atom is 0.143 e. The number of nitrogens with one attached hydrogen (secondary N) is 1. The van der Waals surface area contributed by atoms with E-state index in [1.165, 1.54) is 11.1 Å². The first-order valence-electron chi connectivity index (χ1n) is 8.53. The van der Waals surface area contributed by atoms with Crippen LogP contribution < -0.4 is 10.1 Å². The minimum Gasteiger partial charge on any atom is -0.493 e. The van der Waals surface area contributed by atoms with Crippen molar-refractivity contribution in [1.29, 1.82) is 0 Å². The van der Waals surface area contributed by atoms with Crippen molar-refractivity contribution in [1.82, 2.24) is 25.5 Å². The van der Waals surface area contributed by atoms with Crippen molar-refractivity contribution >= 4 is 0 Å². The van der Waals surface area contributed by atoms with Gasteiger partial charge in [-0.15, -0.1) is 5.10 Å². The molecule has 1 aliphatic rings. The number of rotatable bonds is 5. The lowest BCUT2D eigenvalue weighted by atomic mass is 9.93.